The molecule has 3 aliphatic rings. The topological polar surface area (TPSA) is 74.8 Å². The molecule has 0 amide bonds. The minimum Gasteiger partial charge on any atom is -0.501 e. The van der Waals surface area contributed by atoms with Gasteiger partial charge < -0.3 is 9.47 Å². The van der Waals surface area contributed by atoms with Gasteiger partial charge in [0, 0.05) is 35.4 Å². The van der Waals surface area contributed by atoms with E-state index in [1.807, 2.05) is 84.2 Å². The molecule has 0 bridgehead atoms. The fourth-order valence-corrected chi connectivity index (χ4v) is 5.25. The first-order chi connectivity index (χ1) is 20.0. The van der Waals surface area contributed by atoms with Gasteiger partial charge in [0.1, 0.15) is 16.8 Å². The lowest BCUT2D eigenvalue weighted by Gasteiger charge is -2.16. The van der Waals surface area contributed by atoms with Gasteiger partial charge in [-0.05, 0) is 61.6 Å². The van der Waals surface area contributed by atoms with E-state index in [0.29, 0.717) is 6.42 Å². The van der Waals surface area contributed by atoms with Crippen LogP contribution in [0.4, 0.5) is 0 Å². The van der Waals surface area contributed by atoms with Crippen LogP contribution in [0.5, 0.6) is 5.75 Å². The molecule has 1 aromatic heterocycles. The Morgan fingerprint density at radius 3 is 2.59 bits per heavy atom. The second-order valence-electron chi connectivity index (χ2n) is 9.61. The number of fused-ring (bicyclic) bond motifs is 8. The van der Waals surface area contributed by atoms with Crippen molar-refractivity contribution in [3.63, 3.8) is 0 Å². The summed E-state index contributed by atoms with van der Waals surface area (Å²) in [5, 5.41) is 15.0. The largest absolute Gasteiger partial charge is 0.501 e. The van der Waals surface area contributed by atoms with Crippen molar-refractivity contribution in [1.29, 1.82) is 0 Å². The van der Waals surface area contributed by atoms with Gasteiger partial charge in [-0.3, -0.25) is 5.10 Å². The Kier molecular flexibility index (Phi) is 6.70. The summed E-state index contributed by atoms with van der Waals surface area (Å²) in [6.07, 6.45) is 10.3. The highest BCUT2D eigenvalue weighted by Crippen LogP contribution is 2.39. The number of methoxy groups -OCH3 is 2. The summed E-state index contributed by atoms with van der Waals surface area (Å²) in [5.41, 5.74) is 7.40. The predicted molar refractivity (Wildman–Crippen MR) is 164 cm³/mol. The van der Waals surface area contributed by atoms with Crippen LogP contribution in [0.15, 0.2) is 85.2 Å². The number of aryl methyl sites for hydroxylation is 1. The number of hydrogen-bond donors (Lipinski definition) is 1. The number of benzene rings is 2. The fourth-order valence-electron chi connectivity index (χ4n) is 5.25. The van der Waals surface area contributed by atoms with Crippen molar-refractivity contribution in [3.8, 4) is 34.7 Å². The van der Waals surface area contributed by atoms with E-state index >= 15 is 0 Å². The van der Waals surface area contributed by atoms with E-state index in [1.54, 1.807) is 14.2 Å². The van der Waals surface area contributed by atoms with Crippen LogP contribution in [0.2, 0.25) is 0 Å². The molecule has 3 aromatic rings. The highest BCUT2D eigenvalue weighted by molar-refractivity contribution is 6.10. The van der Waals surface area contributed by atoms with Crippen LogP contribution in [-0.2, 0) is 18.2 Å². The Hall–Kier alpha value is -5.42. The summed E-state index contributed by atoms with van der Waals surface area (Å²) >= 11 is 0. The third kappa shape index (κ3) is 4.38. The van der Waals surface area contributed by atoms with Gasteiger partial charge >= 0.3 is 0 Å². The van der Waals surface area contributed by atoms with E-state index in [-0.39, 0.29) is 0 Å². The van der Waals surface area contributed by atoms with Gasteiger partial charge in [0.15, 0.2) is 0 Å². The average Bonchev–Trinajstić information content (AvgIpc) is 3.49. The smallest absolute Gasteiger partial charge is 0.121 e. The summed E-state index contributed by atoms with van der Waals surface area (Å²) < 4.78 is 14.8. The van der Waals surface area contributed by atoms with Crippen molar-refractivity contribution in [2.75, 3.05) is 14.2 Å². The van der Waals surface area contributed by atoms with Crippen molar-refractivity contribution in [3.05, 3.63) is 96.3 Å². The van der Waals surface area contributed by atoms with E-state index in [2.05, 4.69) is 51.6 Å². The first-order valence-corrected chi connectivity index (χ1v) is 13.2. The lowest BCUT2D eigenvalue weighted by molar-refractivity contribution is 0.294. The maximum Gasteiger partial charge on any atom is 0.121 e. The zero-order valence-electron chi connectivity index (χ0n) is 23.5. The second-order valence-corrected chi connectivity index (χ2v) is 9.61. The minimum atomic E-state index is 0.519. The van der Waals surface area contributed by atoms with Crippen LogP contribution in [0.3, 0.4) is 0 Å². The number of nitrogens with zero attached hydrogens (tertiary/aromatic N) is 5. The Balaban J connectivity index is 1.83. The molecule has 0 saturated carbocycles. The van der Waals surface area contributed by atoms with Crippen LogP contribution in [0.25, 0.3) is 50.7 Å². The average molecular weight is 543 g/mol. The molecule has 41 heavy (non-hydrogen) atoms. The van der Waals surface area contributed by atoms with Crippen molar-refractivity contribution >= 4 is 33.6 Å². The van der Waals surface area contributed by atoms with Crippen molar-refractivity contribution in [2.24, 2.45) is 7.05 Å². The lowest BCUT2D eigenvalue weighted by atomic mass is 9.96. The molecule has 0 atom stereocenters. The number of H-pyrrole nitrogens is 1. The number of nitrogens with one attached hydrogen (secondary N) is 1. The number of hydrogen-bond acceptors (Lipinski definition) is 4. The monoisotopic (exact) mass is 542 g/mol. The predicted octanol–water partition coefficient (Wildman–Crippen LogP) is 6.43. The summed E-state index contributed by atoms with van der Waals surface area (Å²) in [7, 11) is 5.31. The molecule has 0 fully saturated rings. The third-order valence-electron chi connectivity index (χ3n) is 7.29. The van der Waals surface area contributed by atoms with Gasteiger partial charge in [0.2, 0.25) is 0 Å². The van der Waals surface area contributed by atoms with Crippen LogP contribution in [-0.4, -0.2) is 43.8 Å². The van der Waals surface area contributed by atoms with Gasteiger partial charge in [-0.1, -0.05) is 47.9 Å². The van der Waals surface area contributed by atoms with Crippen LogP contribution < -0.4 is 4.74 Å². The highest BCUT2D eigenvalue weighted by Gasteiger charge is 2.25. The number of rotatable bonds is 6. The van der Waals surface area contributed by atoms with E-state index in [9.17, 15) is 0 Å². The molecule has 0 unspecified atom stereocenters. The first kappa shape index (κ1) is 25.8. The Bertz CT molecular complexity index is 1980. The molecule has 2 aromatic carbocycles. The van der Waals surface area contributed by atoms with Crippen molar-refractivity contribution in [2.45, 2.75) is 13.3 Å². The van der Waals surface area contributed by atoms with Crippen molar-refractivity contribution in [1.82, 2.24) is 29.6 Å². The zero-order valence-corrected chi connectivity index (χ0v) is 23.5. The fraction of sp³-hybridized carbons (Fsp3) is 0.152. The molecular weight excluding hydrogens is 512 g/mol. The van der Waals surface area contributed by atoms with Crippen LogP contribution >= 0.6 is 0 Å². The molecule has 1 aliphatic heterocycles. The molecular formula is C33H30N6O2. The molecule has 0 saturated heterocycles. The quantitative estimate of drug-likeness (QED) is 0.152. The van der Waals surface area contributed by atoms with Gasteiger partial charge in [0.05, 0.1) is 42.8 Å². The molecule has 2 heterocycles. The molecule has 2 aliphatic carbocycles. The number of aromatic nitrogens is 6. The molecule has 204 valence electrons. The molecule has 8 heteroatoms. The first-order valence-electron chi connectivity index (χ1n) is 13.2. The molecule has 8 nitrogen and oxygen atoms in total. The van der Waals surface area contributed by atoms with E-state index in [0.717, 1.165) is 67.2 Å². The lowest BCUT2D eigenvalue weighted by Crippen LogP contribution is -2.10. The highest BCUT2D eigenvalue weighted by atomic mass is 16.5. The maximum absolute atomic E-state index is 5.40. The van der Waals surface area contributed by atoms with E-state index in [1.165, 1.54) is 0 Å². The Morgan fingerprint density at radius 2 is 1.85 bits per heavy atom. The minimum absolute atomic E-state index is 0.519. The maximum atomic E-state index is 5.40. The van der Waals surface area contributed by atoms with Crippen molar-refractivity contribution < 1.29 is 9.47 Å². The normalized spacial score (nSPS) is 13.1. The molecule has 1 N–H and O–H groups in total. The Morgan fingerprint density at radius 1 is 1.07 bits per heavy atom. The Labute approximate surface area is 238 Å². The molecule has 0 radical (unpaired) electrons. The number of aromatic amines is 1. The standard InChI is InChI=1S/C33H30N6O2/c1-6-23(17-16-22(2)40-4)39-33-29-15-9-7-8-14-28(29)32-30(26-12-10-11-13-27(26)31(33)35-37(39)3)34-36-38(32)24-18-20-25(41-5)21-19-24/h6,9-13,15-21,35H,1,14H2,2-5H3/b22-16+,23-17+,30-26?,31-27?,32-28?,33-29?. The molecule has 0 spiro atoms. The third-order valence-corrected chi connectivity index (χ3v) is 7.29. The van der Waals surface area contributed by atoms with E-state index in [4.69, 9.17) is 14.6 Å². The van der Waals surface area contributed by atoms with E-state index < -0.39 is 0 Å². The number of ether oxygens (including phenoxy) is 2. The number of allylic oxidation sites excluding steroid dienone is 6. The van der Waals surface area contributed by atoms with Crippen LogP contribution in [0, 0.1) is 11.8 Å². The van der Waals surface area contributed by atoms with Crippen LogP contribution in [0.1, 0.15) is 18.1 Å². The van der Waals surface area contributed by atoms with Gasteiger partial charge in [-0.15, -0.1) is 5.10 Å². The summed E-state index contributed by atoms with van der Waals surface area (Å²) in [6.45, 7) is 6.05. The molecule has 6 rings (SSSR count). The van der Waals surface area contributed by atoms with Gasteiger partial charge in [0.25, 0.3) is 0 Å². The summed E-state index contributed by atoms with van der Waals surface area (Å²) in [4.78, 5) is 1.97. The van der Waals surface area contributed by atoms with Gasteiger partial charge in [-0.2, -0.15) is 0 Å². The van der Waals surface area contributed by atoms with Gasteiger partial charge in [-0.25, -0.2) is 14.2 Å². The zero-order chi connectivity index (χ0) is 28.5. The SMILES string of the molecule is C=C/C(=C\C=C(/C)OC)n1c2c3c(c4c(nnn4-c4ccc(OC)cc4)c4ccccc4c-2[nH]n1C)CC#CC=C3. The summed E-state index contributed by atoms with van der Waals surface area (Å²) in [6, 6.07) is 16.1. The summed E-state index contributed by atoms with van der Waals surface area (Å²) in [5.74, 6) is 8.07. The second kappa shape index (κ2) is 10.6.